The van der Waals surface area contributed by atoms with E-state index in [9.17, 15) is 9.18 Å². The van der Waals surface area contributed by atoms with Gasteiger partial charge in [-0.2, -0.15) is 0 Å². The van der Waals surface area contributed by atoms with Gasteiger partial charge < -0.3 is 15.8 Å². The largest absolute Gasteiger partial charge is 0.381 e. The molecule has 0 aromatic heterocycles. The van der Waals surface area contributed by atoms with Crippen LogP contribution in [0.4, 0.5) is 10.1 Å². The van der Waals surface area contributed by atoms with Crippen molar-refractivity contribution in [2.24, 2.45) is 5.73 Å². The van der Waals surface area contributed by atoms with E-state index >= 15 is 0 Å². The van der Waals surface area contributed by atoms with E-state index in [0.717, 1.165) is 0 Å². The van der Waals surface area contributed by atoms with Crippen molar-refractivity contribution in [1.29, 1.82) is 0 Å². The van der Waals surface area contributed by atoms with Gasteiger partial charge in [-0.15, -0.1) is 0 Å². The van der Waals surface area contributed by atoms with Crippen molar-refractivity contribution in [2.45, 2.75) is 25.3 Å². The van der Waals surface area contributed by atoms with Crippen LogP contribution < -0.4 is 11.1 Å². The minimum absolute atomic E-state index is 0.278. The fraction of sp³-hybridized carbons (Fsp3) is 0.462. The van der Waals surface area contributed by atoms with Gasteiger partial charge in [-0.3, -0.25) is 4.79 Å². The van der Waals surface area contributed by atoms with E-state index in [4.69, 9.17) is 10.5 Å². The Bertz CT molecular complexity index is 456. The third kappa shape index (κ3) is 2.52. The minimum atomic E-state index is -0.920. The van der Waals surface area contributed by atoms with Crippen LogP contribution in [-0.4, -0.2) is 24.7 Å². The summed E-state index contributed by atoms with van der Waals surface area (Å²) in [6.07, 6.45) is 0.959. The lowest BCUT2D eigenvalue weighted by Gasteiger charge is -2.31. The smallest absolute Gasteiger partial charge is 0.244 e. The number of nitrogens with one attached hydrogen (secondary N) is 1. The Hall–Kier alpha value is -1.46. The highest BCUT2D eigenvalue weighted by atomic mass is 19.1. The number of ether oxygens (including phenoxy) is 1. The normalized spacial score (nSPS) is 18.4. The van der Waals surface area contributed by atoms with E-state index in [2.05, 4.69) is 5.32 Å². The maximum Gasteiger partial charge on any atom is 0.244 e. The highest BCUT2D eigenvalue weighted by molar-refractivity contribution is 5.98. The van der Waals surface area contributed by atoms with Crippen molar-refractivity contribution < 1.29 is 13.9 Å². The summed E-state index contributed by atoms with van der Waals surface area (Å²) >= 11 is 0. The SMILES string of the molecule is Cc1c(F)cccc1NC(=O)C1(N)CCOCC1. The van der Waals surface area contributed by atoms with Gasteiger partial charge >= 0.3 is 0 Å². The molecule has 0 spiro atoms. The Labute approximate surface area is 105 Å². The minimum Gasteiger partial charge on any atom is -0.381 e. The zero-order chi connectivity index (χ0) is 13.2. The van der Waals surface area contributed by atoms with Crippen molar-refractivity contribution in [3.05, 3.63) is 29.6 Å². The summed E-state index contributed by atoms with van der Waals surface area (Å²) in [7, 11) is 0. The molecule has 0 atom stereocenters. The van der Waals surface area contributed by atoms with E-state index in [1.807, 2.05) is 0 Å². The van der Waals surface area contributed by atoms with Gasteiger partial charge in [-0.25, -0.2) is 4.39 Å². The Morgan fingerprint density at radius 3 is 2.78 bits per heavy atom. The Morgan fingerprint density at radius 1 is 1.44 bits per heavy atom. The number of hydrogen-bond acceptors (Lipinski definition) is 3. The number of anilines is 1. The zero-order valence-electron chi connectivity index (χ0n) is 10.3. The quantitative estimate of drug-likeness (QED) is 0.840. The number of rotatable bonds is 2. The van der Waals surface area contributed by atoms with Crippen LogP contribution in [-0.2, 0) is 9.53 Å². The summed E-state index contributed by atoms with van der Waals surface area (Å²) in [6, 6.07) is 4.59. The second kappa shape index (κ2) is 5.04. The van der Waals surface area contributed by atoms with Crippen molar-refractivity contribution in [2.75, 3.05) is 18.5 Å². The molecule has 18 heavy (non-hydrogen) atoms. The van der Waals surface area contributed by atoms with Gasteiger partial charge in [-0.1, -0.05) is 6.07 Å². The van der Waals surface area contributed by atoms with Gasteiger partial charge in [0, 0.05) is 24.5 Å². The highest BCUT2D eigenvalue weighted by Crippen LogP contribution is 2.22. The molecular weight excluding hydrogens is 235 g/mol. The second-order valence-electron chi connectivity index (χ2n) is 4.64. The summed E-state index contributed by atoms with van der Waals surface area (Å²) in [6.45, 7) is 2.58. The van der Waals surface area contributed by atoms with Crippen molar-refractivity contribution in [1.82, 2.24) is 0 Å². The molecular formula is C13H17FN2O2. The third-order valence-corrected chi connectivity index (χ3v) is 3.35. The van der Waals surface area contributed by atoms with Crippen molar-refractivity contribution in [3.63, 3.8) is 0 Å². The fourth-order valence-corrected chi connectivity index (χ4v) is 1.95. The number of nitrogens with two attached hydrogens (primary N) is 1. The molecule has 1 aromatic carbocycles. The lowest BCUT2D eigenvalue weighted by molar-refractivity contribution is -0.124. The highest BCUT2D eigenvalue weighted by Gasteiger charge is 2.36. The summed E-state index contributed by atoms with van der Waals surface area (Å²) in [5.41, 5.74) is 6.02. The summed E-state index contributed by atoms with van der Waals surface area (Å²) in [4.78, 5) is 12.1. The first-order valence-electron chi connectivity index (χ1n) is 5.96. The number of hydrogen-bond donors (Lipinski definition) is 2. The van der Waals surface area contributed by atoms with Gasteiger partial charge in [-0.05, 0) is 31.9 Å². The first-order valence-corrected chi connectivity index (χ1v) is 5.96. The van der Waals surface area contributed by atoms with Crippen LogP contribution in [0.5, 0.6) is 0 Å². The third-order valence-electron chi connectivity index (χ3n) is 3.35. The Balaban J connectivity index is 2.13. The first-order chi connectivity index (χ1) is 8.53. The lowest BCUT2D eigenvalue weighted by Crippen LogP contribution is -2.54. The molecule has 1 amide bonds. The maximum atomic E-state index is 13.4. The van der Waals surface area contributed by atoms with Crippen LogP contribution in [0.3, 0.4) is 0 Å². The summed E-state index contributed by atoms with van der Waals surface area (Å²) in [5, 5.41) is 2.70. The molecule has 0 unspecified atom stereocenters. The van der Waals surface area contributed by atoms with E-state index in [0.29, 0.717) is 37.3 Å². The van der Waals surface area contributed by atoms with Gasteiger partial charge in [0.1, 0.15) is 11.4 Å². The van der Waals surface area contributed by atoms with Crippen molar-refractivity contribution in [3.8, 4) is 0 Å². The molecule has 1 aliphatic heterocycles. The number of halogens is 1. The van der Waals surface area contributed by atoms with Crippen LogP contribution in [0, 0.1) is 12.7 Å². The molecule has 0 saturated carbocycles. The molecule has 5 heteroatoms. The number of carbonyl (C=O) groups is 1. The molecule has 1 saturated heterocycles. The molecule has 1 fully saturated rings. The molecule has 1 aromatic rings. The van der Waals surface area contributed by atoms with Gasteiger partial charge in [0.05, 0.1) is 0 Å². The monoisotopic (exact) mass is 252 g/mol. The number of carbonyl (C=O) groups excluding carboxylic acids is 1. The standard InChI is InChI=1S/C13H17FN2O2/c1-9-10(14)3-2-4-11(9)16-12(17)13(15)5-7-18-8-6-13/h2-4H,5-8,15H2,1H3,(H,16,17). The van der Waals surface area contributed by atoms with E-state index in [-0.39, 0.29) is 11.7 Å². The first kappa shape index (κ1) is 13.0. The molecule has 98 valence electrons. The van der Waals surface area contributed by atoms with E-state index in [1.54, 1.807) is 19.1 Å². The molecule has 0 bridgehead atoms. The molecule has 1 heterocycles. The molecule has 0 radical (unpaired) electrons. The summed E-state index contributed by atoms with van der Waals surface area (Å²) < 4.78 is 18.6. The maximum absolute atomic E-state index is 13.4. The average molecular weight is 252 g/mol. The summed E-state index contributed by atoms with van der Waals surface area (Å²) in [5.74, 6) is -0.620. The molecule has 2 rings (SSSR count). The van der Waals surface area contributed by atoms with Crippen LogP contribution in [0.25, 0.3) is 0 Å². The fourth-order valence-electron chi connectivity index (χ4n) is 1.95. The molecule has 4 nitrogen and oxygen atoms in total. The van der Waals surface area contributed by atoms with Crippen LogP contribution in [0.2, 0.25) is 0 Å². The molecule has 3 N–H and O–H groups in total. The number of benzene rings is 1. The van der Waals surface area contributed by atoms with Crippen molar-refractivity contribution >= 4 is 11.6 Å². The number of amides is 1. The van der Waals surface area contributed by atoms with E-state index in [1.165, 1.54) is 6.07 Å². The Kier molecular flexibility index (Phi) is 3.63. The lowest BCUT2D eigenvalue weighted by atomic mass is 9.90. The van der Waals surface area contributed by atoms with Crippen LogP contribution in [0.1, 0.15) is 18.4 Å². The van der Waals surface area contributed by atoms with Crippen LogP contribution in [0.15, 0.2) is 18.2 Å². The second-order valence-corrected chi connectivity index (χ2v) is 4.64. The average Bonchev–Trinajstić information content (AvgIpc) is 2.36. The van der Waals surface area contributed by atoms with Gasteiger partial charge in [0.2, 0.25) is 5.91 Å². The van der Waals surface area contributed by atoms with E-state index < -0.39 is 5.54 Å². The molecule has 0 aliphatic carbocycles. The predicted molar refractivity (Wildman–Crippen MR) is 66.7 cm³/mol. The topological polar surface area (TPSA) is 64.4 Å². The van der Waals surface area contributed by atoms with Crippen LogP contribution >= 0.6 is 0 Å². The van der Waals surface area contributed by atoms with Gasteiger partial charge in [0.15, 0.2) is 0 Å². The molecule has 1 aliphatic rings. The predicted octanol–water partition coefficient (Wildman–Crippen LogP) is 1.58. The zero-order valence-corrected chi connectivity index (χ0v) is 10.3. The Morgan fingerprint density at radius 2 is 2.11 bits per heavy atom. The van der Waals surface area contributed by atoms with Gasteiger partial charge in [0.25, 0.3) is 0 Å².